The first-order chi connectivity index (χ1) is 9.58. The molecule has 0 aliphatic carbocycles. The minimum Gasteiger partial charge on any atom is -0.465 e. The monoisotopic (exact) mass is 291 g/mol. The molecule has 2 aromatic heterocycles. The number of thioether (sulfide) groups is 1. The standard InChI is InChI=1S/C12H13N5O2S/c1-19-11(18)7-2-3-8(15-5-7)6-20-12-16-9(13)4-10(14)17-12/h2-5H,6H2,1H3,(H4,13,14,16,17). The Bertz CT molecular complexity index is 597. The van der Waals surface area contributed by atoms with E-state index in [4.69, 9.17) is 11.5 Å². The Labute approximate surface area is 119 Å². The highest BCUT2D eigenvalue weighted by molar-refractivity contribution is 7.98. The maximum Gasteiger partial charge on any atom is 0.339 e. The van der Waals surface area contributed by atoms with Crippen molar-refractivity contribution in [2.75, 3.05) is 18.6 Å². The van der Waals surface area contributed by atoms with Crippen molar-refractivity contribution in [1.82, 2.24) is 15.0 Å². The number of methoxy groups -OCH3 is 1. The zero-order chi connectivity index (χ0) is 14.5. The van der Waals surface area contributed by atoms with Crippen molar-refractivity contribution in [1.29, 1.82) is 0 Å². The van der Waals surface area contributed by atoms with Crippen LogP contribution in [0.25, 0.3) is 0 Å². The van der Waals surface area contributed by atoms with Gasteiger partial charge in [-0.25, -0.2) is 14.8 Å². The van der Waals surface area contributed by atoms with Crippen LogP contribution in [0.4, 0.5) is 11.6 Å². The number of anilines is 2. The van der Waals surface area contributed by atoms with E-state index < -0.39 is 5.97 Å². The van der Waals surface area contributed by atoms with Crippen LogP contribution in [-0.2, 0) is 10.5 Å². The Kier molecular flexibility index (Phi) is 4.36. The average Bonchev–Trinajstić information content (AvgIpc) is 2.44. The lowest BCUT2D eigenvalue weighted by Crippen LogP contribution is -2.02. The summed E-state index contributed by atoms with van der Waals surface area (Å²) >= 11 is 1.36. The number of nitrogens with zero attached hydrogens (tertiary/aromatic N) is 3. The first kappa shape index (κ1) is 14.1. The molecule has 0 spiro atoms. The van der Waals surface area contributed by atoms with Crippen LogP contribution in [0.15, 0.2) is 29.6 Å². The molecule has 7 nitrogen and oxygen atoms in total. The number of rotatable bonds is 4. The smallest absolute Gasteiger partial charge is 0.339 e. The van der Waals surface area contributed by atoms with Gasteiger partial charge < -0.3 is 16.2 Å². The molecule has 0 amide bonds. The lowest BCUT2D eigenvalue weighted by atomic mass is 10.2. The van der Waals surface area contributed by atoms with Crippen molar-refractivity contribution >= 4 is 29.4 Å². The first-order valence-corrected chi connectivity index (χ1v) is 6.63. The van der Waals surface area contributed by atoms with Crippen molar-refractivity contribution in [3.8, 4) is 0 Å². The number of nitrogen functional groups attached to an aromatic ring is 2. The van der Waals surface area contributed by atoms with Gasteiger partial charge in [-0.2, -0.15) is 0 Å². The summed E-state index contributed by atoms with van der Waals surface area (Å²) in [5.41, 5.74) is 12.4. The largest absolute Gasteiger partial charge is 0.465 e. The molecule has 2 aromatic rings. The van der Waals surface area contributed by atoms with E-state index in [9.17, 15) is 4.79 Å². The summed E-state index contributed by atoms with van der Waals surface area (Å²) in [5.74, 6) is 0.788. The lowest BCUT2D eigenvalue weighted by Gasteiger charge is -2.03. The number of carbonyl (C=O) groups is 1. The molecular weight excluding hydrogens is 278 g/mol. The number of esters is 1. The summed E-state index contributed by atoms with van der Waals surface area (Å²) < 4.78 is 4.60. The van der Waals surface area contributed by atoms with E-state index in [0.717, 1.165) is 5.69 Å². The summed E-state index contributed by atoms with van der Waals surface area (Å²) in [6.07, 6.45) is 1.47. The summed E-state index contributed by atoms with van der Waals surface area (Å²) in [4.78, 5) is 23.5. The van der Waals surface area contributed by atoms with Crippen molar-refractivity contribution in [3.63, 3.8) is 0 Å². The molecule has 4 N–H and O–H groups in total. The van der Waals surface area contributed by atoms with E-state index >= 15 is 0 Å². The third kappa shape index (κ3) is 3.58. The molecular formula is C12H13N5O2S. The van der Waals surface area contributed by atoms with Gasteiger partial charge in [0.15, 0.2) is 5.16 Å². The van der Waals surface area contributed by atoms with Crippen LogP contribution in [0.2, 0.25) is 0 Å². The maximum atomic E-state index is 11.3. The SMILES string of the molecule is COC(=O)c1ccc(CSc2nc(N)cc(N)n2)nc1. The molecule has 0 unspecified atom stereocenters. The number of aromatic nitrogens is 3. The second-order valence-electron chi connectivity index (χ2n) is 3.82. The number of pyridine rings is 1. The highest BCUT2D eigenvalue weighted by Gasteiger charge is 2.07. The van der Waals surface area contributed by atoms with E-state index in [1.54, 1.807) is 12.1 Å². The van der Waals surface area contributed by atoms with Gasteiger partial charge in [-0.05, 0) is 12.1 Å². The molecule has 0 saturated heterocycles. The molecule has 8 heteroatoms. The van der Waals surface area contributed by atoms with Gasteiger partial charge in [0.05, 0.1) is 18.4 Å². The second kappa shape index (κ2) is 6.20. The van der Waals surface area contributed by atoms with Crippen LogP contribution >= 0.6 is 11.8 Å². The Balaban J connectivity index is 2.02. The summed E-state index contributed by atoms with van der Waals surface area (Å²) in [5, 5.41) is 0.487. The van der Waals surface area contributed by atoms with Gasteiger partial charge >= 0.3 is 5.97 Å². The molecule has 104 valence electrons. The fraction of sp³-hybridized carbons (Fsp3) is 0.167. The molecule has 0 radical (unpaired) electrons. The third-order valence-electron chi connectivity index (χ3n) is 2.34. The van der Waals surface area contributed by atoms with Gasteiger partial charge in [-0.15, -0.1) is 0 Å². The van der Waals surface area contributed by atoms with Gasteiger partial charge in [0.25, 0.3) is 0 Å². The minimum absolute atomic E-state index is 0.328. The highest BCUT2D eigenvalue weighted by atomic mass is 32.2. The number of hydrogen-bond acceptors (Lipinski definition) is 8. The summed E-state index contributed by atoms with van der Waals surface area (Å²) in [7, 11) is 1.33. The van der Waals surface area contributed by atoms with E-state index in [1.807, 2.05) is 0 Å². The topological polar surface area (TPSA) is 117 Å². The predicted octanol–water partition coefficient (Wildman–Crippen LogP) is 1.11. The molecule has 0 saturated carbocycles. The maximum absolute atomic E-state index is 11.3. The zero-order valence-electron chi connectivity index (χ0n) is 10.7. The van der Waals surface area contributed by atoms with Crippen molar-refractivity contribution in [2.24, 2.45) is 0 Å². The number of hydrogen-bond donors (Lipinski definition) is 2. The van der Waals surface area contributed by atoms with Gasteiger partial charge in [-0.1, -0.05) is 11.8 Å². The second-order valence-corrected chi connectivity index (χ2v) is 4.76. The molecule has 2 rings (SSSR count). The van der Waals surface area contributed by atoms with Crippen molar-refractivity contribution in [3.05, 3.63) is 35.7 Å². The number of carbonyl (C=O) groups excluding carboxylic acids is 1. The van der Waals surface area contributed by atoms with Crippen LogP contribution in [0.3, 0.4) is 0 Å². The predicted molar refractivity (Wildman–Crippen MR) is 76.0 cm³/mol. The number of nitrogens with two attached hydrogens (primary N) is 2. The molecule has 0 atom stereocenters. The van der Waals surface area contributed by atoms with Gasteiger partial charge in [0, 0.05) is 18.0 Å². The van der Waals surface area contributed by atoms with E-state index in [1.165, 1.54) is 31.1 Å². The van der Waals surface area contributed by atoms with Crippen LogP contribution in [0.5, 0.6) is 0 Å². The molecule has 2 heterocycles. The molecule has 0 bridgehead atoms. The fourth-order valence-electron chi connectivity index (χ4n) is 1.41. The van der Waals surface area contributed by atoms with Gasteiger partial charge in [0.2, 0.25) is 0 Å². The van der Waals surface area contributed by atoms with Crippen LogP contribution in [0, 0.1) is 0 Å². The highest BCUT2D eigenvalue weighted by Crippen LogP contribution is 2.20. The van der Waals surface area contributed by atoms with Crippen LogP contribution in [-0.4, -0.2) is 28.0 Å². The van der Waals surface area contributed by atoms with E-state index in [-0.39, 0.29) is 0 Å². The Morgan fingerprint density at radius 3 is 2.55 bits per heavy atom. The van der Waals surface area contributed by atoms with Crippen LogP contribution < -0.4 is 11.5 Å². The molecule has 20 heavy (non-hydrogen) atoms. The van der Waals surface area contributed by atoms with Crippen molar-refractivity contribution < 1.29 is 9.53 Å². The van der Waals surface area contributed by atoms with Crippen LogP contribution in [0.1, 0.15) is 16.1 Å². The zero-order valence-corrected chi connectivity index (χ0v) is 11.6. The third-order valence-corrected chi connectivity index (χ3v) is 3.22. The average molecular weight is 291 g/mol. The Hall–Kier alpha value is -2.35. The molecule has 0 aromatic carbocycles. The van der Waals surface area contributed by atoms with E-state index in [2.05, 4.69) is 19.7 Å². The Morgan fingerprint density at radius 2 is 2.00 bits per heavy atom. The summed E-state index contributed by atoms with van der Waals surface area (Å²) in [6.45, 7) is 0. The Morgan fingerprint density at radius 1 is 1.30 bits per heavy atom. The fourth-order valence-corrected chi connectivity index (χ4v) is 2.20. The quantitative estimate of drug-likeness (QED) is 0.489. The molecule has 0 fully saturated rings. The molecule has 0 aliphatic heterocycles. The minimum atomic E-state index is -0.413. The lowest BCUT2D eigenvalue weighted by molar-refractivity contribution is 0.0600. The van der Waals surface area contributed by atoms with Crippen molar-refractivity contribution in [2.45, 2.75) is 10.9 Å². The van der Waals surface area contributed by atoms with Gasteiger partial charge in [-0.3, -0.25) is 4.98 Å². The normalized spacial score (nSPS) is 10.2. The first-order valence-electron chi connectivity index (χ1n) is 5.64. The number of ether oxygens (including phenoxy) is 1. The molecule has 0 aliphatic rings. The van der Waals surface area contributed by atoms with Gasteiger partial charge in [0.1, 0.15) is 11.6 Å². The van der Waals surface area contributed by atoms with E-state index in [0.29, 0.717) is 28.1 Å². The summed E-state index contributed by atoms with van der Waals surface area (Å²) in [6, 6.07) is 4.89.